The molecule has 0 bridgehead atoms. The lowest BCUT2D eigenvalue weighted by molar-refractivity contribution is 0.529. The van der Waals surface area contributed by atoms with Gasteiger partial charge in [-0.1, -0.05) is 26.7 Å². The maximum atomic E-state index is 6.10. The maximum Gasteiger partial charge on any atom is 0.226 e. The molecule has 2 aromatic heterocycles. The molecule has 0 atom stereocenters. The predicted octanol–water partition coefficient (Wildman–Crippen LogP) is 4.05. The van der Waals surface area contributed by atoms with Crippen LogP contribution in [0.5, 0.6) is 0 Å². The number of nitrogens with zero attached hydrogens (tertiary/aromatic N) is 4. The molecule has 0 aliphatic heterocycles. The molecule has 1 saturated carbocycles. The van der Waals surface area contributed by atoms with E-state index in [1.807, 2.05) is 6.33 Å². The van der Waals surface area contributed by atoms with Crippen molar-refractivity contribution in [3.05, 3.63) is 11.6 Å². The molecule has 2 aromatic rings. The summed E-state index contributed by atoms with van der Waals surface area (Å²) in [5.41, 5.74) is 1.68. The van der Waals surface area contributed by atoms with Crippen molar-refractivity contribution in [1.82, 2.24) is 19.5 Å². The summed E-state index contributed by atoms with van der Waals surface area (Å²) in [6, 6.07) is 0.504. The minimum Gasteiger partial charge on any atom is -0.368 e. The van der Waals surface area contributed by atoms with Crippen molar-refractivity contribution >= 4 is 28.6 Å². The van der Waals surface area contributed by atoms with Gasteiger partial charge in [-0.3, -0.25) is 0 Å². The van der Waals surface area contributed by atoms with Gasteiger partial charge in [0.25, 0.3) is 0 Å². The second kappa shape index (κ2) is 6.18. The van der Waals surface area contributed by atoms with Gasteiger partial charge < -0.3 is 9.88 Å². The molecule has 0 radical (unpaired) electrons. The van der Waals surface area contributed by atoms with Crippen LogP contribution in [0, 0.1) is 5.92 Å². The van der Waals surface area contributed by atoms with Gasteiger partial charge in [0.2, 0.25) is 5.28 Å². The van der Waals surface area contributed by atoms with Crippen LogP contribution in [0.3, 0.4) is 0 Å². The van der Waals surface area contributed by atoms with Gasteiger partial charge in [-0.15, -0.1) is 0 Å². The number of halogens is 1. The second-order valence-electron chi connectivity index (χ2n) is 6.21. The quantitative estimate of drug-likeness (QED) is 0.847. The van der Waals surface area contributed by atoms with Gasteiger partial charge in [0, 0.05) is 12.6 Å². The SMILES string of the molecule is CC(C)CCNc1nc(Cl)nc2c1ncn2C1CCCC1. The highest BCUT2D eigenvalue weighted by atomic mass is 35.5. The van der Waals surface area contributed by atoms with Gasteiger partial charge in [0.05, 0.1) is 6.33 Å². The molecule has 5 nitrogen and oxygen atoms in total. The van der Waals surface area contributed by atoms with E-state index in [1.165, 1.54) is 25.7 Å². The van der Waals surface area contributed by atoms with Gasteiger partial charge in [-0.25, -0.2) is 4.98 Å². The zero-order valence-electron chi connectivity index (χ0n) is 12.6. The Kier molecular flexibility index (Phi) is 4.29. The average Bonchev–Trinajstić information content (AvgIpc) is 3.05. The highest BCUT2D eigenvalue weighted by Crippen LogP contribution is 2.32. The molecule has 0 aromatic carbocycles. The van der Waals surface area contributed by atoms with Gasteiger partial charge >= 0.3 is 0 Å². The highest BCUT2D eigenvalue weighted by Gasteiger charge is 2.21. The fraction of sp³-hybridized carbons (Fsp3) is 0.667. The summed E-state index contributed by atoms with van der Waals surface area (Å²) in [6.45, 7) is 5.29. The fourth-order valence-corrected chi connectivity index (χ4v) is 3.11. The lowest BCUT2D eigenvalue weighted by Crippen LogP contribution is -2.08. The van der Waals surface area contributed by atoms with Crippen LogP contribution in [-0.2, 0) is 0 Å². The first-order chi connectivity index (χ1) is 10.1. The maximum absolute atomic E-state index is 6.10. The van der Waals surface area contributed by atoms with Crippen LogP contribution in [-0.4, -0.2) is 26.1 Å². The number of hydrogen-bond acceptors (Lipinski definition) is 4. The number of aromatic nitrogens is 4. The number of anilines is 1. The third-order valence-corrected chi connectivity index (χ3v) is 4.30. The van der Waals surface area contributed by atoms with Gasteiger partial charge in [-0.2, -0.15) is 9.97 Å². The molecule has 0 spiro atoms. The van der Waals surface area contributed by atoms with Crippen LogP contribution in [0.4, 0.5) is 5.82 Å². The number of nitrogens with one attached hydrogen (secondary N) is 1. The van der Waals surface area contributed by atoms with Crippen molar-refractivity contribution in [2.45, 2.75) is 52.0 Å². The predicted molar refractivity (Wildman–Crippen MR) is 85.8 cm³/mol. The van der Waals surface area contributed by atoms with Crippen molar-refractivity contribution in [2.75, 3.05) is 11.9 Å². The first-order valence-electron chi connectivity index (χ1n) is 7.79. The summed E-state index contributed by atoms with van der Waals surface area (Å²) >= 11 is 6.10. The standard InChI is InChI=1S/C15H22ClN5/c1-10(2)7-8-17-13-12-14(20-15(16)19-13)21(9-18-12)11-5-3-4-6-11/h9-11H,3-8H2,1-2H3,(H,17,19,20). The van der Waals surface area contributed by atoms with Crippen LogP contribution >= 0.6 is 11.6 Å². The zero-order valence-corrected chi connectivity index (χ0v) is 13.4. The second-order valence-corrected chi connectivity index (χ2v) is 6.55. The first-order valence-corrected chi connectivity index (χ1v) is 8.17. The van der Waals surface area contributed by atoms with Crippen molar-refractivity contribution in [3.8, 4) is 0 Å². The van der Waals surface area contributed by atoms with E-state index < -0.39 is 0 Å². The molecular formula is C15H22ClN5. The Bertz CT molecular complexity index is 616. The molecular weight excluding hydrogens is 286 g/mol. The van der Waals surface area contributed by atoms with E-state index >= 15 is 0 Å². The highest BCUT2D eigenvalue weighted by molar-refractivity contribution is 6.28. The largest absolute Gasteiger partial charge is 0.368 e. The molecule has 1 aliphatic rings. The minimum atomic E-state index is 0.286. The Morgan fingerprint density at radius 2 is 2.10 bits per heavy atom. The van der Waals surface area contributed by atoms with Crippen LogP contribution < -0.4 is 5.32 Å². The van der Waals surface area contributed by atoms with Crippen LogP contribution in [0.2, 0.25) is 5.28 Å². The molecule has 114 valence electrons. The molecule has 6 heteroatoms. The number of hydrogen-bond donors (Lipinski definition) is 1. The summed E-state index contributed by atoms with van der Waals surface area (Å²) in [4.78, 5) is 13.2. The molecule has 0 saturated heterocycles. The molecule has 1 aliphatic carbocycles. The van der Waals surface area contributed by atoms with E-state index in [9.17, 15) is 0 Å². The smallest absolute Gasteiger partial charge is 0.226 e. The number of fused-ring (bicyclic) bond motifs is 1. The van der Waals surface area contributed by atoms with E-state index in [1.54, 1.807) is 0 Å². The Hall–Kier alpha value is -1.36. The van der Waals surface area contributed by atoms with Crippen molar-refractivity contribution in [3.63, 3.8) is 0 Å². The lowest BCUT2D eigenvalue weighted by Gasteiger charge is -2.12. The minimum absolute atomic E-state index is 0.286. The lowest BCUT2D eigenvalue weighted by atomic mass is 10.1. The van der Waals surface area contributed by atoms with Gasteiger partial charge in [0.15, 0.2) is 17.0 Å². The normalized spacial score (nSPS) is 16.2. The summed E-state index contributed by atoms with van der Waals surface area (Å²) in [5.74, 6) is 1.41. The molecule has 1 N–H and O–H groups in total. The van der Waals surface area contributed by atoms with E-state index in [-0.39, 0.29) is 5.28 Å². The summed E-state index contributed by atoms with van der Waals surface area (Å²) in [5, 5.41) is 3.64. The van der Waals surface area contributed by atoms with Gasteiger partial charge in [-0.05, 0) is 36.8 Å². The summed E-state index contributed by atoms with van der Waals surface area (Å²) < 4.78 is 2.17. The molecule has 21 heavy (non-hydrogen) atoms. The Balaban J connectivity index is 1.90. The molecule has 0 unspecified atom stereocenters. The summed E-state index contributed by atoms with van der Waals surface area (Å²) in [6.07, 6.45) is 7.93. The monoisotopic (exact) mass is 307 g/mol. The van der Waals surface area contributed by atoms with E-state index in [0.29, 0.717) is 12.0 Å². The third kappa shape index (κ3) is 3.12. The fourth-order valence-electron chi connectivity index (χ4n) is 2.94. The Labute approximate surface area is 130 Å². The molecule has 2 heterocycles. The molecule has 0 amide bonds. The van der Waals surface area contributed by atoms with E-state index in [4.69, 9.17) is 11.6 Å². The van der Waals surface area contributed by atoms with E-state index in [2.05, 4.69) is 38.7 Å². The molecule has 1 fully saturated rings. The van der Waals surface area contributed by atoms with Crippen molar-refractivity contribution in [1.29, 1.82) is 0 Å². The van der Waals surface area contributed by atoms with Crippen molar-refractivity contribution in [2.24, 2.45) is 5.92 Å². The van der Waals surface area contributed by atoms with Crippen LogP contribution in [0.15, 0.2) is 6.33 Å². The van der Waals surface area contributed by atoms with Crippen molar-refractivity contribution < 1.29 is 0 Å². The van der Waals surface area contributed by atoms with Crippen LogP contribution in [0.25, 0.3) is 11.2 Å². The zero-order chi connectivity index (χ0) is 14.8. The topological polar surface area (TPSA) is 55.6 Å². The number of imidazole rings is 1. The number of rotatable bonds is 5. The first kappa shape index (κ1) is 14.6. The summed E-state index contributed by atoms with van der Waals surface area (Å²) in [7, 11) is 0. The Morgan fingerprint density at radius 3 is 2.81 bits per heavy atom. The molecule has 3 rings (SSSR count). The van der Waals surface area contributed by atoms with E-state index in [0.717, 1.165) is 29.9 Å². The van der Waals surface area contributed by atoms with Gasteiger partial charge in [0.1, 0.15) is 0 Å². The average molecular weight is 308 g/mol. The third-order valence-electron chi connectivity index (χ3n) is 4.13. The van der Waals surface area contributed by atoms with Crippen LogP contribution in [0.1, 0.15) is 52.0 Å². The Morgan fingerprint density at radius 1 is 1.33 bits per heavy atom.